The number of aromatic hydroxyl groups is 1. The Hall–Kier alpha value is -3.33. The highest BCUT2D eigenvalue weighted by atomic mass is 16.6. The van der Waals surface area contributed by atoms with Crippen LogP contribution in [0.5, 0.6) is 17.2 Å². The summed E-state index contributed by atoms with van der Waals surface area (Å²) >= 11 is 0. The third-order valence-electron chi connectivity index (χ3n) is 12.1. The first-order valence-corrected chi connectivity index (χ1v) is 18.3. The minimum atomic E-state index is -2.37. The smallest absolute Gasteiger partial charge is 0.230 e. The van der Waals surface area contributed by atoms with E-state index in [0.29, 0.717) is 24.0 Å². The van der Waals surface area contributed by atoms with Crippen LogP contribution in [-0.2, 0) is 19.2 Å². The van der Waals surface area contributed by atoms with Gasteiger partial charge in [-0.2, -0.15) is 0 Å². The van der Waals surface area contributed by atoms with E-state index in [2.05, 4.69) is 0 Å². The Morgan fingerprint density at radius 1 is 0.820 bits per heavy atom. The Bertz CT molecular complexity index is 1730. The molecule has 0 saturated heterocycles. The Morgan fingerprint density at radius 2 is 1.42 bits per heavy atom. The molecule has 1 unspecified atom stereocenters. The molecular weight excluding hydrogens is 636 g/mol. The average Bonchev–Trinajstić information content (AvgIpc) is 3.00. The lowest BCUT2D eigenvalue weighted by Gasteiger charge is -2.58. The van der Waals surface area contributed by atoms with Crippen molar-refractivity contribution in [2.75, 3.05) is 0 Å². The summed E-state index contributed by atoms with van der Waals surface area (Å²) in [5, 5.41) is 25.1. The molecule has 0 aromatic heterocycles. The molecule has 1 saturated carbocycles. The minimum Gasteiger partial charge on any atom is -0.507 e. The quantitative estimate of drug-likeness (QED) is 0.159. The lowest BCUT2D eigenvalue weighted by Crippen LogP contribution is -2.72. The SMILES string of the molecule is CCCCCC(=O)c1c(O)c2c(c3c1O[C@@]1(O)C(C(=O)C(C)(C)C(=O)C1(C)C)[C@@H]3C(C)C)OC1=C(C(=O)C(C)(C)C(=O)C1(C)C)[C@@H]2CC(C)C. The molecule has 0 amide bonds. The molecule has 2 aliphatic carbocycles. The first-order chi connectivity index (χ1) is 22.8. The van der Waals surface area contributed by atoms with Gasteiger partial charge in [-0.3, -0.25) is 24.0 Å². The second kappa shape index (κ2) is 11.9. The number of hydrogen-bond donors (Lipinski definition) is 2. The second-order valence-corrected chi connectivity index (χ2v) is 18.0. The van der Waals surface area contributed by atoms with Crippen molar-refractivity contribution in [1.82, 2.24) is 0 Å². The Balaban J connectivity index is 1.96. The van der Waals surface area contributed by atoms with Crippen molar-refractivity contribution in [2.45, 2.75) is 140 Å². The van der Waals surface area contributed by atoms with E-state index in [1.54, 1.807) is 55.4 Å². The molecule has 4 atom stereocenters. The van der Waals surface area contributed by atoms with Crippen LogP contribution in [0.2, 0.25) is 0 Å². The molecule has 274 valence electrons. The molecule has 5 rings (SSSR count). The molecule has 9 heteroatoms. The van der Waals surface area contributed by atoms with Crippen molar-refractivity contribution in [3.8, 4) is 17.2 Å². The fourth-order valence-electron chi connectivity index (χ4n) is 9.36. The molecule has 0 bridgehead atoms. The van der Waals surface area contributed by atoms with Crippen molar-refractivity contribution >= 4 is 28.9 Å². The van der Waals surface area contributed by atoms with Gasteiger partial charge in [0.1, 0.15) is 28.6 Å². The van der Waals surface area contributed by atoms with E-state index in [1.165, 1.54) is 0 Å². The maximum atomic E-state index is 14.5. The predicted octanol–water partition coefficient (Wildman–Crippen LogP) is 7.78. The van der Waals surface area contributed by atoms with E-state index in [-0.39, 0.29) is 52.4 Å². The monoisotopic (exact) mass is 692 g/mol. The number of phenolic OH excluding ortho intramolecular Hbond substituents is 1. The van der Waals surface area contributed by atoms with Gasteiger partial charge in [-0.05, 0) is 80.1 Å². The third kappa shape index (κ3) is 4.91. The zero-order valence-corrected chi connectivity index (χ0v) is 32.2. The highest BCUT2D eigenvalue weighted by Crippen LogP contribution is 2.66. The number of carbonyl (C=O) groups is 5. The number of allylic oxidation sites excluding steroid dienone is 2. The normalized spacial score (nSPS) is 28.8. The number of Topliss-reactive ketones (excluding diaryl/α,β-unsaturated/α-hetero) is 5. The minimum absolute atomic E-state index is 0.0188. The van der Waals surface area contributed by atoms with Gasteiger partial charge >= 0.3 is 0 Å². The maximum absolute atomic E-state index is 14.5. The number of aliphatic hydroxyl groups is 1. The van der Waals surface area contributed by atoms with Crippen LogP contribution in [0.4, 0.5) is 0 Å². The molecule has 50 heavy (non-hydrogen) atoms. The summed E-state index contributed by atoms with van der Waals surface area (Å²) in [6.45, 7) is 22.7. The summed E-state index contributed by atoms with van der Waals surface area (Å²) < 4.78 is 13.3. The Morgan fingerprint density at radius 3 is 1.96 bits per heavy atom. The molecule has 1 fully saturated rings. The first-order valence-electron chi connectivity index (χ1n) is 18.3. The van der Waals surface area contributed by atoms with Gasteiger partial charge in [0.25, 0.3) is 0 Å². The van der Waals surface area contributed by atoms with Crippen LogP contribution < -0.4 is 9.47 Å². The fourth-order valence-corrected chi connectivity index (χ4v) is 9.36. The molecule has 2 aliphatic heterocycles. The molecule has 2 heterocycles. The van der Waals surface area contributed by atoms with Crippen molar-refractivity contribution < 1.29 is 43.7 Å². The van der Waals surface area contributed by atoms with Crippen LogP contribution >= 0.6 is 0 Å². The van der Waals surface area contributed by atoms with Gasteiger partial charge in [0.05, 0.1) is 27.6 Å². The predicted molar refractivity (Wildman–Crippen MR) is 188 cm³/mol. The number of ketones is 5. The first kappa shape index (κ1) is 37.9. The lowest BCUT2D eigenvalue weighted by molar-refractivity contribution is -0.264. The number of unbranched alkanes of at least 4 members (excludes halogenated alkanes) is 2. The van der Waals surface area contributed by atoms with E-state index < -0.39 is 74.1 Å². The van der Waals surface area contributed by atoms with E-state index in [0.717, 1.165) is 12.8 Å². The number of rotatable bonds is 8. The van der Waals surface area contributed by atoms with Gasteiger partial charge in [0, 0.05) is 35.0 Å². The third-order valence-corrected chi connectivity index (χ3v) is 12.1. The van der Waals surface area contributed by atoms with Gasteiger partial charge < -0.3 is 19.7 Å². The van der Waals surface area contributed by atoms with Gasteiger partial charge in [-0.25, -0.2) is 0 Å². The summed E-state index contributed by atoms with van der Waals surface area (Å²) in [7, 11) is 0. The van der Waals surface area contributed by atoms with Gasteiger partial charge in [0.15, 0.2) is 28.9 Å². The van der Waals surface area contributed by atoms with Crippen LogP contribution in [0, 0.1) is 39.4 Å². The summed E-state index contributed by atoms with van der Waals surface area (Å²) in [5.74, 6) is -7.85. The molecule has 2 N–H and O–H groups in total. The van der Waals surface area contributed by atoms with E-state index >= 15 is 0 Å². The molecule has 9 nitrogen and oxygen atoms in total. The molecular formula is C41H56O9. The standard InChI is InChI=1S/C41H56O9/c1-14-15-16-17-22(42)26-29(43)24-21(18-19(2)3)25-32(44)37(6,7)35(46)39(10,11)34(25)49-30(24)27-23(20(4)5)28-33(45)38(8,9)36(47)40(12,13)41(28,48)50-31(26)27/h19-21,23,28,43,48H,14-18H2,1-13H3/t21-,23-,28?,41+/m1/s1. The summed E-state index contributed by atoms with van der Waals surface area (Å²) in [4.78, 5) is 71.1. The second-order valence-electron chi connectivity index (χ2n) is 18.0. The van der Waals surface area contributed by atoms with Crippen LogP contribution in [0.15, 0.2) is 11.3 Å². The largest absolute Gasteiger partial charge is 0.507 e. The molecule has 1 aromatic rings. The zero-order valence-electron chi connectivity index (χ0n) is 32.2. The highest BCUT2D eigenvalue weighted by Gasteiger charge is 2.72. The number of benzene rings is 1. The fraction of sp³-hybridized carbons (Fsp3) is 0.683. The number of ether oxygens (including phenoxy) is 2. The van der Waals surface area contributed by atoms with Crippen molar-refractivity contribution in [3.63, 3.8) is 0 Å². The van der Waals surface area contributed by atoms with E-state index in [1.807, 2.05) is 34.6 Å². The van der Waals surface area contributed by atoms with Crippen molar-refractivity contribution in [2.24, 2.45) is 39.4 Å². The summed E-state index contributed by atoms with van der Waals surface area (Å²) in [6.07, 6.45) is 2.65. The maximum Gasteiger partial charge on any atom is 0.230 e. The zero-order chi connectivity index (χ0) is 37.8. The van der Waals surface area contributed by atoms with Crippen LogP contribution in [0.25, 0.3) is 0 Å². The van der Waals surface area contributed by atoms with Gasteiger partial charge in [-0.1, -0.05) is 47.5 Å². The van der Waals surface area contributed by atoms with Crippen LogP contribution in [0.1, 0.15) is 155 Å². The van der Waals surface area contributed by atoms with E-state index in [9.17, 15) is 34.2 Å². The molecule has 4 aliphatic rings. The number of carbonyl (C=O) groups excluding carboxylic acids is 5. The number of phenols is 1. The molecule has 1 aromatic carbocycles. The molecule has 0 spiro atoms. The highest BCUT2D eigenvalue weighted by molar-refractivity contribution is 6.20. The average molecular weight is 693 g/mol. The van der Waals surface area contributed by atoms with Crippen LogP contribution in [-0.4, -0.2) is 44.9 Å². The summed E-state index contributed by atoms with van der Waals surface area (Å²) in [6, 6.07) is 0. The Kier molecular flexibility index (Phi) is 8.99. The topological polar surface area (TPSA) is 144 Å². The lowest BCUT2D eigenvalue weighted by atomic mass is 9.51. The number of hydrogen-bond acceptors (Lipinski definition) is 9. The summed E-state index contributed by atoms with van der Waals surface area (Å²) in [5.41, 5.74) is -4.92. The van der Waals surface area contributed by atoms with Gasteiger partial charge in [0.2, 0.25) is 5.79 Å². The molecule has 0 radical (unpaired) electrons. The van der Waals surface area contributed by atoms with E-state index in [4.69, 9.17) is 9.47 Å². The Labute approximate surface area is 296 Å². The number of fused-ring (bicyclic) bond motifs is 4. The van der Waals surface area contributed by atoms with Gasteiger partial charge in [-0.15, -0.1) is 0 Å². The van der Waals surface area contributed by atoms with Crippen molar-refractivity contribution in [1.29, 1.82) is 0 Å². The van der Waals surface area contributed by atoms with Crippen molar-refractivity contribution in [3.05, 3.63) is 28.0 Å². The van der Waals surface area contributed by atoms with Crippen LogP contribution in [0.3, 0.4) is 0 Å².